The normalized spacial score (nSPS) is 10.3. The third kappa shape index (κ3) is 5.08. The first kappa shape index (κ1) is 17.5. The first-order valence-electron chi connectivity index (χ1n) is 7.55. The zero-order valence-electron chi connectivity index (χ0n) is 13.5. The second kappa shape index (κ2) is 8.10. The molecule has 0 unspecified atom stereocenters. The minimum atomic E-state index is -0.447. The summed E-state index contributed by atoms with van der Waals surface area (Å²) in [4.78, 5) is 23.9. The number of para-hydroxylation sites is 2. The Morgan fingerprint density at radius 1 is 1.08 bits per heavy atom. The highest BCUT2D eigenvalue weighted by atomic mass is 19.1. The maximum absolute atomic E-state index is 12.8. The van der Waals surface area contributed by atoms with E-state index in [0.717, 1.165) is 0 Å². The number of rotatable bonds is 6. The number of hydrogen-bond acceptors (Lipinski definition) is 3. The van der Waals surface area contributed by atoms with Crippen molar-refractivity contribution in [1.82, 2.24) is 5.32 Å². The van der Waals surface area contributed by atoms with Gasteiger partial charge < -0.3 is 15.4 Å². The van der Waals surface area contributed by atoms with E-state index in [1.54, 1.807) is 18.2 Å². The largest absolute Gasteiger partial charge is 0.489 e. The molecule has 24 heavy (non-hydrogen) atoms. The lowest BCUT2D eigenvalue weighted by atomic mass is 10.2. The quantitative estimate of drug-likeness (QED) is 0.856. The van der Waals surface area contributed by atoms with Gasteiger partial charge in [0, 0.05) is 5.56 Å². The van der Waals surface area contributed by atoms with Crippen LogP contribution in [0.5, 0.6) is 5.75 Å². The van der Waals surface area contributed by atoms with Gasteiger partial charge in [-0.15, -0.1) is 0 Å². The number of carbonyl (C=O) groups excluding carboxylic acids is 2. The molecule has 0 saturated heterocycles. The fourth-order valence-corrected chi connectivity index (χ4v) is 1.98. The summed E-state index contributed by atoms with van der Waals surface area (Å²) in [6.07, 6.45) is -0.0266. The summed E-state index contributed by atoms with van der Waals surface area (Å²) in [5.41, 5.74) is 0.819. The molecule has 0 fully saturated rings. The van der Waals surface area contributed by atoms with E-state index in [1.807, 2.05) is 19.9 Å². The molecule has 2 N–H and O–H groups in total. The number of carbonyl (C=O) groups is 2. The minimum Gasteiger partial charge on any atom is -0.489 e. The van der Waals surface area contributed by atoms with Gasteiger partial charge in [-0.05, 0) is 50.2 Å². The van der Waals surface area contributed by atoms with Crippen LogP contribution in [0.1, 0.15) is 24.2 Å². The summed E-state index contributed by atoms with van der Waals surface area (Å²) in [5, 5.41) is 5.18. The van der Waals surface area contributed by atoms with Crippen molar-refractivity contribution in [3.05, 3.63) is 59.9 Å². The molecule has 0 aliphatic rings. The number of halogens is 1. The van der Waals surface area contributed by atoms with Crippen LogP contribution in [0, 0.1) is 5.82 Å². The van der Waals surface area contributed by atoms with Crippen molar-refractivity contribution >= 4 is 17.5 Å². The molecule has 0 saturated carbocycles. The van der Waals surface area contributed by atoms with E-state index in [0.29, 0.717) is 11.4 Å². The van der Waals surface area contributed by atoms with Crippen LogP contribution in [0.3, 0.4) is 0 Å². The Balaban J connectivity index is 1.92. The Kier molecular flexibility index (Phi) is 5.89. The maximum atomic E-state index is 12.8. The van der Waals surface area contributed by atoms with Gasteiger partial charge in [0.15, 0.2) is 0 Å². The van der Waals surface area contributed by atoms with Crippen molar-refractivity contribution in [2.75, 3.05) is 11.9 Å². The van der Waals surface area contributed by atoms with Crippen LogP contribution in [0.4, 0.5) is 10.1 Å². The number of amides is 2. The molecule has 5 nitrogen and oxygen atoms in total. The van der Waals surface area contributed by atoms with Crippen LogP contribution < -0.4 is 15.4 Å². The zero-order chi connectivity index (χ0) is 17.5. The van der Waals surface area contributed by atoms with Gasteiger partial charge in [0.25, 0.3) is 5.91 Å². The fraction of sp³-hybridized carbons (Fsp3) is 0.222. The summed E-state index contributed by atoms with van der Waals surface area (Å²) in [5.74, 6) is -0.695. The van der Waals surface area contributed by atoms with Gasteiger partial charge in [-0.3, -0.25) is 9.59 Å². The van der Waals surface area contributed by atoms with Gasteiger partial charge >= 0.3 is 0 Å². The number of anilines is 1. The van der Waals surface area contributed by atoms with E-state index < -0.39 is 11.7 Å². The lowest BCUT2D eigenvalue weighted by Crippen LogP contribution is -2.33. The fourth-order valence-electron chi connectivity index (χ4n) is 1.98. The van der Waals surface area contributed by atoms with Crippen LogP contribution in [0.25, 0.3) is 0 Å². The Morgan fingerprint density at radius 3 is 2.42 bits per heavy atom. The van der Waals surface area contributed by atoms with Crippen LogP contribution in [-0.2, 0) is 4.79 Å². The Labute approximate surface area is 139 Å². The molecular weight excluding hydrogens is 311 g/mol. The Bertz CT molecular complexity index is 714. The average molecular weight is 330 g/mol. The zero-order valence-corrected chi connectivity index (χ0v) is 13.5. The molecule has 0 atom stereocenters. The van der Waals surface area contributed by atoms with E-state index in [9.17, 15) is 14.0 Å². The second-order valence-corrected chi connectivity index (χ2v) is 5.40. The predicted octanol–water partition coefficient (Wildman–Crippen LogP) is 2.98. The minimum absolute atomic E-state index is 0.0266. The highest BCUT2D eigenvalue weighted by Crippen LogP contribution is 2.24. The summed E-state index contributed by atoms with van der Waals surface area (Å²) in [6, 6.07) is 12.2. The van der Waals surface area contributed by atoms with Crippen LogP contribution >= 0.6 is 0 Å². The molecule has 0 radical (unpaired) electrons. The molecule has 126 valence electrons. The van der Waals surface area contributed by atoms with Crippen LogP contribution in [0.2, 0.25) is 0 Å². The first-order chi connectivity index (χ1) is 11.5. The van der Waals surface area contributed by atoms with E-state index >= 15 is 0 Å². The van der Waals surface area contributed by atoms with Gasteiger partial charge in [-0.2, -0.15) is 0 Å². The Hall–Kier alpha value is -2.89. The van der Waals surface area contributed by atoms with Crippen LogP contribution in [-0.4, -0.2) is 24.5 Å². The van der Waals surface area contributed by atoms with Gasteiger partial charge in [-0.25, -0.2) is 4.39 Å². The summed E-state index contributed by atoms with van der Waals surface area (Å²) >= 11 is 0. The molecule has 2 aromatic carbocycles. The van der Waals surface area contributed by atoms with Gasteiger partial charge in [0.05, 0.1) is 18.3 Å². The van der Waals surface area contributed by atoms with E-state index in [-0.39, 0.29) is 24.1 Å². The molecule has 0 bridgehead atoms. The molecule has 0 heterocycles. The smallest absolute Gasteiger partial charge is 0.251 e. The third-order valence-corrected chi connectivity index (χ3v) is 3.04. The number of hydrogen-bond donors (Lipinski definition) is 2. The van der Waals surface area contributed by atoms with Crippen LogP contribution in [0.15, 0.2) is 48.5 Å². The van der Waals surface area contributed by atoms with Crippen molar-refractivity contribution in [1.29, 1.82) is 0 Å². The third-order valence-electron chi connectivity index (χ3n) is 3.04. The average Bonchev–Trinajstić information content (AvgIpc) is 2.54. The monoisotopic (exact) mass is 330 g/mol. The maximum Gasteiger partial charge on any atom is 0.251 e. The highest BCUT2D eigenvalue weighted by molar-refractivity contribution is 5.99. The summed E-state index contributed by atoms with van der Waals surface area (Å²) in [7, 11) is 0. The molecule has 0 spiro atoms. The van der Waals surface area contributed by atoms with Gasteiger partial charge in [0.1, 0.15) is 11.6 Å². The number of ether oxygens (including phenoxy) is 1. The van der Waals surface area contributed by atoms with Crippen molar-refractivity contribution in [2.45, 2.75) is 20.0 Å². The standard InChI is InChI=1S/C18H19FN2O3/c1-12(2)24-16-6-4-3-5-15(16)21-17(22)11-20-18(23)13-7-9-14(19)10-8-13/h3-10,12H,11H2,1-2H3,(H,20,23)(H,21,22). The lowest BCUT2D eigenvalue weighted by molar-refractivity contribution is -0.115. The van der Waals surface area contributed by atoms with E-state index in [4.69, 9.17) is 4.74 Å². The number of nitrogens with one attached hydrogen (secondary N) is 2. The molecular formula is C18H19FN2O3. The number of benzene rings is 2. The van der Waals surface area contributed by atoms with Gasteiger partial charge in [-0.1, -0.05) is 12.1 Å². The van der Waals surface area contributed by atoms with E-state index in [1.165, 1.54) is 24.3 Å². The van der Waals surface area contributed by atoms with Crippen molar-refractivity contribution in [2.24, 2.45) is 0 Å². The van der Waals surface area contributed by atoms with Gasteiger partial charge in [0.2, 0.25) is 5.91 Å². The Morgan fingerprint density at radius 2 is 1.75 bits per heavy atom. The summed E-state index contributed by atoms with van der Waals surface area (Å²) < 4.78 is 18.4. The molecule has 6 heteroatoms. The molecule has 0 aliphatic heterocycles. The second-order valence-electron chi connectivity index (χ2n) is 5.40. The van der Waals surface area contributed by atoms with Crippen molar-refractivity contribution < 1.29 is 18.7 Å². The van der Waals surface area contributed by atoms with Crippen molar-refractivity contribution in [3.63, 3.8) is 0 Å². The van der Waals surface area contributed by atoms with E-state index in [2.05, 4.69) is 10.6 Å². The first-order valence-corrected chi connectivity index (χ1v) is 7.55. The predicted molar refractivity (Wildman–Crippen MR) is 89.6 cm³/mol. The molecule has 2 rings (SSSR count). The SMILES string of the molecule is CC(C)Oc1ccccc1NC(=O)CNC(=O)c1ccc(F)cc1. The van der Waals surface area contributed by atoms with Crippen molar-refractivity contribution in [3.8, 4) is 5.75 Å². The molecule has 0 aromatic heterocycles. The topological polar surface area (TPSA) is 67.4 Å². The molecule has 2 aromatic rings. The summed E-state index contributed by atoms with van der Waals surface area (Å²) in [6.45, 7) is 3.58. The lowest BCUT2D eigenvalue weighted by Gasteiger charge is -2.15. The molecule has 0 aliphatic carbocycles. The molecule has 2 amide bonds. The highest BCUT2D eigenvalue weighted by Gasteiger charge is 2.11.